The molecular formula is C21H28N4O2. The number of aromatic nitrogens is 3. The Labute approximate surface area is 160 Å². The van der Waals surface area contributed by atoms with Gasteiger partial charge in [0.2, 0.25) is 5.91 Å². The van der Waals surface area contributed by atoms with E-state index in [1.54, 1.807) is 7.11 Å². The van der Waals surface area contributed by atoms with Gasteiger partial charge in [-0.05, 0) is 58.0 Å². The molecule has 1 amide bonds. The maximum atomic E-state index is 12.5. The fourth-order valence-electron chi connectivity index (χ4n) is 3.63. The van der Waals surface area contributed by atoms with Crippen molar-refractivity contribution in [3.63, 3.8) is 0 Å². The number of anilines is 1. The number of carbonyl (C=O) groups is 1. The minimum atomic E-state index is -0.00931. The van der Waals surface area contributed by atoms with Crippen LogP contribution in [0.5, 0.6) is 0 Å². The third-order valence-corrected chi connectivity index (χ3v) is 4.85. The molecule has 0 unspecified atom stereocenters. The second kappa shape index (κ2) is 7.96. The highest BCUT2D eigenvalue weighted by Gasteiger charge is 2.15. The molecule has 144 valence electrons. The molecule has 3 aromatic rings. The summed E-state index contributed by atoms with van der Waals surface area (Å²) in [4.78, 5) is 12.5. The Morgan fingerprint density at radius 2 is 1.96 bits per heavy atom. The molecule has 1 atom stereocenters. The summed E-state index contributed by atoms with van der Waals surface area (Å²) in [7, 11) is 1.71. The summed E-state index contributed by atoms with van der Waals surface area (Å²) in [6.45, 7) is 9.57. The summed E-state index contributed by atoms with van der Waals surface area (Å²) in [5.41, 5.74) is 5.19. The molecule has 0 bridgehead atoms. The lowest BCUT2D eigenvalue weighted by Gasteiger charge is -2.14. The monoisotopic (exact) mass is 368 g/mol. The van der Waals surface area contributed by atoms with Gasteiger partial charge in [0, 0.05) is 48.1 Å². The van der Waals surface area contributed by atoms with Crippen LogP contribution >= 0.6 is 0 Å². The molecule has 0 aliphatic rings. The van der Waals surface area contributed by atoms with Gasteiger partial charge in [0.15, 0.2) is 0 Å². The lowest BCUT2D eigenvalue weighted by molar-refractivity contribution is -0.116. The van der Waals surface area contributed by atoms with Crippen molar-refractivity contribution in [2.75, 3.05) is 19.0 Å². The predicted molar refractivity (Wildman–Crippen MR) is 108 cm³/mol. The molecule has 3 rings (SSSR count). The van der Waals surface area contributed by atoms with E-state index >= 15 is 0 Å². The van der Waals surface area contributed by atoms with E-state index < -0.39 is 0 Å². The minimum absolute atomic E-state index is 0.00931. The van der Waals surface area contributed by atoms with E-state index in [2.05, 4.69) is 34.0 Å². The lowest BCUT2D eigenvalue weighted by atomic mass is 10.2. The summed E-state index contributed by atoms with van der Waals surface area (Å²) in [6.07, 6.45) is 0.383. The maximum Gasteiger partial charge on any atom is 0.226 e. The molecule has 0 aliphatic heterocycles. The molecule has 0 saturated heterocycles. The molecule has 1 N–H and O–H groups in total. The van der Waals surface area contributed by atoms with Crippen LogP contribution in [-0.2, 0) is 16.1 Å². The normalized spacial score (nSPS) is 12.5. The molecule has 6 heteroatoms. The van der Waals surface area contributed by atoms with Gasteiger partial charge < -0.3 is 14.6 Å². The van der Waals surface area contributed by atoms with Crippen molar-refractivity contribution < 1.29 is 9.53 Å². The largest absolute Gasteiger partial charge is 0.383 e. The molecule has 0 saturated carbocycles. The Balaban J connectivity index is 1.70. The molecule has 27 heavy (non-hydrogen) atoms. The average Bonchev–Trinajstić information content (AvgIpc) is 3.10. The minimum Gasteiger partial charge on any atom is -0.383 e. The summed E-state index contributed by atoms with van der Waals surface area (Å²) in [5.74, 6) is -0.00931. The van der Waals surface area contributed by atoms with Gasteiger partial charge in [0.05, 0.1) is 18.3 Å². The Bertz CT molecular complexity index is 955. The van der Waals surface area contributed by atoms with E-state index in [9.17, 15) is 4.79 Å². The van der Waals surface area contributed by atoms with Crippen LogP contribution in [0.15, 0.2) is 30.3 Å². The van der Waals surface area contributed by atoms with Gasteiger partial charge in [-0.2, -0.15) is 5.10 Å². The number of hydrogen-bond acceptors (Lipinski definition) is 3. The number of nitrogens with zero attached hydrogens (tertiary/aromatic N) is 3. The summed E-state index contributed by atoms with van der Waals surface area (Å²) < 4.78 is 9.34. The highest BCUT2D eigenvalue weighted by molar-refractivity contribution is 5.94. The molecule has 2 heterocycles. The first-order valence-corrected chi connectivity index (χ1v) is 9.30. The van der Waals surface area contributed by atoms with Crippen LogP contribution in [0.3, 0.4) is 0 Å². The van der Waals surface area contributed by atoms with E-state index in [1.165, 1.54) is 5.69 Å². The predicted octanol–water partition coefficient (Wildman–Crippen LogP) is 4.00. The Hall–Kier alpha value is -2.60. The van der Waals surface area contributed by atoms with Crippen LogP contribution in [0.25, 0.3) is 10.9 Å². The van der Waals surface area contributed by atoms with Gasteiger partial charge in [-0.15, -0.1) is 0 Å². The topological polar surface area (TPSA) is 61.1 Å². The maximum absolute atomic E-state index is 12.5. The van der Waals surface area contributed by atoms with E-state index in [0.29, 0.717) is 13.0 Å². The number of amides is 1. The first-order chi connectivity index (χ1) is 12.9. The molecule has 2 aromatic heterocycles. The number of ether oxygens (including phenoxy) is 1. The number of methoxy groups -OCH3 is 1. The number of aryl methyl sites for hydroxylation is 3. The van der Waals surface area contributed by atoms with Crippen LogP contribution in [0, 0.1) is 20.8 Å². The van der Waals surface area contributed by atoms with Gasteiger partial charge in [0.25, 0.3) is 0 Å². The number of carbonyl (C=O) groups excluding carboxylic acids is 1. The van der Waals surface area contributed by atoms with Crippen LogP contribution in [-0.4, -0.2) is 34.0 Å². The molecule has 0 aliphatic carbocycles. The summed E-state index contributed by atoms with van der Waals surface area (Å²) in [5, 5.41) is 8.61. The Kier molecular flexibility index (Phi) is 5.65. The molecule has 1 aromatic carbocycles. The molecule has 0 radical (unpaired) electrons. The summed E-state index contributed by atoms with van der Waals surface area (Å²) in [6, 6.07) is 10.2. The number of hydrogen-bond donors (Lipinski definition) is 1. The standard InChI is InChI=1S/C21H28N4O2/c1-14-10-16(3)25(23-14)17(4)12-21(26)22-19-6-7-20-18(13-19)11-15(2)24(20)8-9-27-5/h6-7,10-11,13,17H,8-9,12H2,1-5H3,(H,22,26)/t17-/m1/s1. The van der Waals surface area contributed by atoms with Crippen molar-refractivity contribution in [3.05, 3.63) is 47.4 Å². The van der Waals surface area contributed by atoms with Crippen molar-refractivity contribution in [1.82, 2.24) is 14.3 Å². The third-order valence-electron chi connectivity index (χ3n) is 4.85. The average molecular weight is 368 g/mol. The Morgan fingerprint density at radius 3 is 2.63 bits per heavy atom. The SMILES string of the molecule is COCCn1c(C)cc2cc(NC(=O)C[C@@H](C)n3nc(C)cc3C)ccc21. The fraction of sp³-hybridized carbons (Fsp3) is 0.429. The second-order valence-corrected chi connectivity index (χ2v) is 7.18. The molecular weight excluding hydrogens is 340 g/mol. The van der Waals surface area contributed by atoms with Gasteiger partial charge in [-0.3, -0.25) is 9.48 Å². The van der Waals surface area contributed by atoms with Crippen molar-refractivity contribution in [2.45, 2.75) is 46.7 Å². The van der Waals surface area contributed by atoms with Crippen molar-refractivity contribution in [1.29, 1.82) is 0 Å². The van der Waals surface area contributed by atoms with E-state index in [1.807, 2.05) is 43.7 Å². The van der Waals surface area contributed by atoms with Crippen molar-refractivity contribution in [3.8, 4) is 0 Å². The third kappa shape index (κ3) is 4.22. The lowest BCUT2D eigenvalue weighted by Crippen LogP contribution is -2.19. The molecule has 6 nitrogen and oxygen atoms in total. The van der Waals surface area contributed by atoms with Crippen LogP contribution in [0.4, 0.5) is 5.69 Å². The highest BCUT2D eigenvalue weighted by Crippen LogP contribution is 2.24. The van der Waals surface area contributed by atoms with Gasteiger partial charge in [-0.1, -0.05) is 0 Å². The van der Waals surface area contributed by atoms with Crippen LogP contribution < -0.4 is 5.32 Å². The Morgan fingerprint density at radius 1 is 1.19 bits per heavy atom. The fourth-order valence-corrected chi connectivity index (χ4v) is 3.63. The smallest absolute Gasteiger partial charge is 0.226 e. The van der Waals surface area contributed by atoms with Crippen LogP contribution in [0.2, 0.25) is 0 Å². The van der Waals surface area contributed by atoms with Crippen molar-refractivity contribution in [2.24, 2.45) is 0 Å². The van der Waals surface area contributed by atoms with Gasteiger partial charge in [0.1, 0.15) is 0 Å². The molecule has 0 spiro atoms. The van der Waals surface area contributed by atoms with E-state index in [4.69, 9.17) is 4.74 Å². The number of nitrogens with one attached hydrogen (secondary N) is 1. The quantitative estimate of drug-likeness (QED) is 0.686. The van der Waals surface area contributed by atoms with Crippen molar-refractivity contribution >= 4 is 22.5 Å². The molecule has 0 fully saturated rings. The van der Waals surface area contributed by atoms with Crippen LogP contribution in [0.1, 0.15) is 36.5 Å². The number of benzene rings is 1. The zero-order chi connectivity index (χ0) is 19.6. The number of rotatable bonds is 7. The first kappa shape index (κ1) is 19.2. The van der Waals surface area contributed by atoms with E-state index in [-0.39, 0.29) is 11.9 Å². The first-order valence-electron chi connectivity index (χ1n) is 9.30. The second-order valence-electron chi connectivity index (χ2n) is 7.18. The zero-order valence-electron chi connectivity index (χ0n) is 16.7. The number of fused-ring (bicyclic) bond motifs is 1. The zero-order valence-corrected chi connectivity index (χ0v) is 16.7. The summed E-state index contributed by atoms with van der Waals surface area (Å²) >= 11 is 0. The van der Waals surface area contributed by atoms with E-state index in [0.717, 1.165) is 34.5 Å². The van der Waals surface area contributed by atoms with Gasteiger partial charge in [-0.25, -0.2) is 0 Å². The van der Waals surface area contributed by atoms with Gasteiger partial charge >= 0.3 is 0 Å². The highest BCUT2D eigenvalue weighted by atomic mass is 16.5.